The molecule has 178 valence electrons. The Bertz CT molecular complexity index is 1510. The number of aryl methyl sites for hydroxylation is 1. The molecule has 1 aliphatic rings. The molecule has 1 N–H and O–H groups in total. The predicted octanol–water partition coefficient (Wildman–Crippen LogP) is 6.84. The summed E-state index contributed by atoms with van der Waals surface area (Å²) in [4.78, 5) is 38.1. The molecule has 5 rings (SSSR count). The Labute approximate surface area is 214 Å². The van der Waals surface area contributed by atoms with Crippen LogP contribution in [0.5, 0.6) is 23.0 Å². The molecule has 0 atom stereocenters. The lowest BCUT2D eigenvalue weighted by Crippen LogP contribution is -2.29. The number of ether oxygens (including phenoxy) is 2. The van der Waals surface area contributed by atoms with Crippen LogP contribution < -0.4 is 14.4 Å². The molecule has 0 bridgehead atoms. The van der Waals surface area contributed by atoms with Gasteiger partial charge in [0.1, 0.15) is 23.0 Å². The maximum absolute atomic E-state index is 13.1. The summed E-state index contributed by atoms with van der Waals surface area (Å²) in [5.41, 5.74) is 2.21. The lowest BCUT2D eigenvalue weighted by Gasteiger charge is -2.14. The number of hydrogen-bond acceptors (Lipinski definition) is 5. The standard InChI is InChI=1S/C28H18BrNO6/c1-16-14-18(4-13-25(16)29)30-26(31)23-12-11-22(15-24(23)27(30)32)36-21-9-7-20(8-10-21)35-19-5-2-17(3-6-19)28(33)34/h2-15H,1H3,(H,33,34). The van der Waals surface area contributed by atoms with Gasteiger partial charge >= 0.3 is 5.97 Å². The minimum Gasteiger partial charge on any atom is -0.478 e. The Morgan fingerprint density at radius 2 is 1.25 bits per heavy atom. The lowest BCUT2D eigenvalue weighted by atomic mass is 10.1. The second-order valence-electron chi connectivity index (χ2n) is 8.09. The third-order valence-corrected chi connectivity index (χ3v) is 6.54. The molecule has 1 aliphatic heterocycles. The summed E-state index contributed by atoms with van der Waals surface area (Å²) in [6, 6.07) is 23.0. The fourth-order valence-corrected chi connectivity index (χ4v) is 4.05. The molecule has 0 saturated carbocycles. The zero-order chi connectivity index (χ0) is 25.4. The Hall–Kier alpha value is -4.43. The molecule has 4 aromatic rings. The predicted molar refractivity (Wildman–Crippen MR) is 136 cm³/mol. The maximum atomic E-state index is 13.1. The molecule has 7 nitrogen and oxygen atoms in total. The van der Waals surface area contributed by atoms with Gasteiger partial charge in [0.25, 0.3) is 11.8 Å². The number of imide groups is 1. The van der Waals surface area contributed by atoms with E-state index in [-0.39, 0.29) is 17.0 Å². The van der Waals surface area contributed by atoms with E-state index in [0.717, 1.165) is 10.0 Å². The fraction of sp³-hybridized carbons (Fsp3) is 0.0357. The molecule has 0 aromatic heterocycles. The van der Waals surface area contributed by atoms with Crippen LogP contribution in [-0.2, 0) is 0 Å². The van der Waals surface area contributed by atoms with E-state index in [0.29, 0.717) is 34.2 Å². The number of nitrogens with zero attached hydrogens (tertiary/aromatic N) is 1. The first kappa shape index (κ1) is 23.3. The Morgan fingerprint density at radius 3 is 1.83 bits per heavy atom. The molecular weight excluding hydrogens is 526 g/mol. The van der Waals surface area contributed by atoms with Crippen molar-refractivity contribution in [1.82, 2.24) is 0 Å². The monoisotopic (exact) mass is 543 g/mol. The molecule has 8 heteroatoms. The number of carbonyl (C=O) groups excluding carboxylic acids is 2. The number of rotatable bonds is 6. The van der Waals surface area contributed by atoms with Gasteiger partial charge in [-0.05, 0) is 97.4 Å². The van der Waals surface area contributed by atoms with Crippen LogP contribution in [0.25, 0.3) is 0 Å². The average Bonchev–Trinajstić information content (AvgIpc) is 3.12. The van der Waals surface area contributed by atoms with Crippen LogP contribution in [0.2, 0.25) is 0 Å². The van der Waals surface area contributed by atoms with Gasteiger partial charge in [-0.25, -0.2) is 9.69 Å². The summed E-state index contributed by atoms with van der Waals surface area (Å²) in [5.74, 6) is 0.196. The number of amides is 2. The van der Waals surface area contributed by atoms with Gasteiger partial charge in [-0.1, -0.05) is 15.9 Å². The molecule has 0 radical (unpaired) electrons. The van der Waals surface area contributed by atoms with Crippen LogP contribution in [-0.4, -0.2) is 22.9 Å². The second kappa shape index (κ2) is 9.31. The highest BCUT2D eigenvalue weighted by molar-refractivity contribution is 9.10. The van der Waals surface area contributed by atoms with Gasteiger partial charge in [-0.15, -0.1) is 0 Å². The van der Waals surface area contributed by atoms with E-state index in [1.54, 1.807) is 72.8 Å². The van der Waals surface area contributed by atoms with E-state index < -0.39 is 11.9 Å². The van der Waals surface area contributed by atoms with Crippen LogP contribution in [0.3, 0.4) is 0 Å². The van der Waals surface area contributed by atoms with Gasteiger partial charge in [0.05, 0.1) is 22.4 Å². The molecule has 0 spiro atoms. The van der Waals surface area contributed by atoms with E-state index >= 15 is 0 Å². The van der Waals surface area contributed by atoms with Gasteiger partial charge in [-0.3, -0.25) is 9.59 Å². The van der Waals surface area contributed by atoms with Crippen LogP contribution in [0.4, 0.5) is 5.69 Å². The number of carboxylic acids is 1. The van der Waals surface area contributed by atoms with Crippen molar-refractivity contribution in [3.8, 4) is 23.0 Å². The fourth-order valence-electron chi connectivity index (χ4n) is 3.80. The Kier molecular flexibility index (Phi) is 6.03. The van der Waals surface area contributed by atoms with Crippen molar-refractivity contribution in [2.24, 2.45) is 0 Å². The van der Waals surface area contributed by atoms with Crippen molar-refractivity contribution in [3.63, 3.8) is 0 Å². The number of halogens is 1. The highest BCUT2D eigenvalue weighted by atomic mass is 79.9. The van der Waals surface area contributed by atoms with Crippen molar-refractivity contribution in [1.29, 1.82) is 0 Å². The largest absolute Gasteiger partial charge is 0.478 e. The molecule has 1 heterocycles. The molecule has 0 aliphatic carbocycles. The number of benzene rings is 4. The van der Waals surface area contributed by atoms with Gasteiger partial charge < -0.3 is 14.6 Å². The van der Waals surface area contributed by atoms with Crippen molar-refractivity contribution in [3.05, 3.63) is 112 Å². The minimum atomic E-state index is -1.00. The Balaban J connectivity index is 1.30. The second-order valence-corrected chi connectivity index (χ2v) is 8.95. The number of anilines is 1. The normalized spacial score (nSPS) is 12.4. The summed E-state index contributed by atoms with van der Waals surface area (Å²) in [5, 5.41) is 8.99. The van der Waals surface area contributed by atoms with Crippen LogP contribution in [0.1, 0.15) is 36.6 Å². The first-order valence-electron chi connectivity index (χ1n) is 10.9. The van der Waals surface area contributed by atoms with Crippen LogP contribution >= 0.6 is 15.9 Å². The average molecular weight is 544 g/mol. The zero-order valence-corrected chi connectivity index (χ0v) is 20.5. The zero-order valence-electron chi connectivity index (χ0n) is 18.9. The molecule has 36 heavy (non-hydrogen) atoms. The van der Waals surface area contributed by atoms with Crippen molar-refractivity contribution >= 4 is 39.4 Å². The van der Waals surface area contributed by atoms with Gasteiger partial charge in [0.15, 0.2) is 0 Å². The molecule has 4 aromatic carbocycles. The SMILES string of the molecule is Cc1cc(N2C(=O)c3ccc(Oc4ccc(Oc5ccc(C(=O)O)cc5)cc4)cc3C2=O)ccc1Br. The van der Waals surface area contributed by atoms with E-state index in [1.807, 2.05) is 6.92 Å². The Morgan fingerprint density at radius 1 is 0.722 bits per heavy atom. The molecule has 2 amide bonds. The number of carbonyl (C=O) groups is 3. The summed E-state index contributed by atoms with van der Waals surface area (Å²) in [6.07, 6.45) is 0. The van der Waals surface area contributed by atoms with E-state index in [4.69, 9.17) is 14.6 Å². The van der Waals surface area contributed by atoms with Gasteiger partial charge in [0, 0.05) is 4.47 Å². The summed E-state index contributed by atoms with van der Waals surface area (Å²) in [7, 11) is 0. The lowest BCUT2D eigenvalue weighted by molar-refractivity contribution is 0.0696. The highest BCUT2D eigenvalue weighted by Crippen LogP contribution is 2.34. The number of carboxylic acid groups (broad SMARTS) is 1. The van der Waals surface area contributed by atoms with E-state index in [9.17, 15) is 14.4 Å². The first-order chi connectivity index (χ1) is 17.3. The van der Waals surface area contributed by atoms with Crippen LogP contribution in [0, 0.1) is 6.92 Å². The summed E-state index contributed by atoms with van der Waals surface area (Å²) < 4.78 is 12.5. The van der Waals surface area contributed by atoms with E-state index in [2.05, 4.69) is 15.9 Å². The van der Waals surface area contributed by atoms with Gasteiger partial charge in [-0.2, -0.15) is 0 Å². The molecule has 0 fully saturated rings. The number of hydrogen-bond donors (Lipinski definition) is 1. The quantitative estimate of drug-likeness (QED) is 0.267. The first-order valence-corrected chi connectivity index (χ1v) is 11.7. The van der Waals surface area contributed by atoms with Crippen LogP contribution in [0.15, 0.2) is 89.4 Å². The number of aromatic carboxylic acids is 1. The smallest absolute Gasteiger partial charge is 0.335 e. The third kappa shape index (κ3) is 4.46. The summed E-state index contributed by atoms with van der Waals surface area (Å²) in [6.45, 7) is 1.89. The highest BCUT2D eigenvalue weighted by Gasteiger charge is 2.37. The maximum Gasteiger partial charge on any atom is 0.335 e. The summed E-state index contributed by atoms with van der Waals surface area (Å²) >= 11 is 3.43. The van der Waals surface area contributed by atoms with Crippen molar-refractivity contribution < 1.29 is 29.0 Å². The number of fused-ring (bicyclic) bond motifs is 1. The molecule has 0 unspecified atom stereocenters. The van der Waals surface area contributed by atoms with Gasteiger partial charge in [0.2, 0.25) is 0 Å². The van der Waals surface area contributed by atoms with Crippen molar-refractivity contribution in [2.75, 3.05) is 4.90 Å². The topological polar surface area (TPSA) is 93.1 Å². The molecule has 0 saturated heterocycles. The minimum absolute atomic E-state index is 0.177. The third-order valence-electron chi connectivity index (χ3n) is 5.65. The molecular formula is C28H18BrNO6. The van der Waals surface area contributed by atoms with E-state index in [1.165, 1.54) is 17.0 Å². The van der Waals surface area contributed by atoms with Crippen molar-refractivity contribution in [2.45, 2.75) is 6.92 Å².